The highest BCUT2D eigenvalue weighted by Crippen LogP contribution is 2.22. The molecular weight excluding hydrogens is 424 g/mol. The lowest BCUT2D eigenvalue weighted by Gasteiger charge is -2.06. The third-order valence-electron chi connectivity index (χ3n) is 5.17. The Morgan fingerprint density at radius 2 is 1.88 bits per heavy atom. The fourth-order valence-corrected chi connectivity index (χ4v) is 3.69. The van der Waals surface area contributed by atoms with Crippen molar-refractivity contribution in [3.8, 4) is 11.3 Å². The molecule has 3 heterocycles. The number of hydrogen-bond acceptors (Lipinski definition) is 4. The summed E-state index contributed by atoms with van der Waals surface area (Å²) in [6.45, 7) is 2.55. The highest BCUT2D eigenvalue weighted by atomic mass is 35.5. The highest BCUT2D eigenvalue weighted by molar-refractivity contribution is 6.31. The molecular formula is C24H19ClN6O. The Labute approximate surface area is 189 Å². The molecule has 0 aliphatic heterocycles. The van der Waals surface area contributed by atoms with E-state index in [1.54, 1.807) is 27.7 Å². The molecule has 0 saturated carbocycles. The van der Waals surface area contributed by atoms with Crippen LogP contribution in [0, 0.1) is 6.92 Å². The van der Waals surface area contributed by atoms with E-state index in [4.69, 9.17) is 11.6 Å². The lowest BCUT2D eigenvalue weighted by Crippen LogP contribution is -2.13. The second kappa shape index (κ2) is 8.28. The predicted molar refractivity (Wildman–Crippen MR) is 124 cm³/mol. The molecule has 5 aromatic rings. The normalized spacial score (nSPS) is 11.1. The number of aryl methyl sites for hydroxylation is 1. The Morgan fingerprint density at radius 1 is 1.06 bits per heavy atom. The summed E-state index contributed by atoms with van der Waals surface area (Å²) in [6.07, 6.45) is 5.00. The number of halogens is 1. The minimum Gasteiger partial charge on any atom is -0.305 e. The Hall–Kier alpha value is -3.97. The van der Waals surface area contributed by atoms with E-state index in [1.165, 1.54) is 11.8 Å². The monoisotopic (exact) mass is 442 g/mol. The fraction of sp³-hybridized carbons (Fsp3) is 0.0833. The van der Waals surface area contributed by atoms with E-state index >= 15 is 0 Å². The topological polar surface area (TPSA) is 77.1 Å². The first kappa shape index (κ1) is 20.0. The summed E-state index contributed by atoms with van der Waals surface area (Å²) in [5.41, 5.74) is 4.84. The number of rotatable bonds is 5. The number of nitrogens with zero attached hydrogens (tertiary/aromatic N) is 5. The van der Waals surface area contributed by atoms with Crippen molar-refractivity contribution >= 4 is 29.0 Å². The van der Waals surface area contributed by atoms with Gasteiger partial charge in [-0.05, 0) is 24.6 Å². The van der Waals surface area contributed by atoms with E-state index in [1.807, 2.05) is 61.5 Å². The van der Waals surface area contributed by atoms with Gasteiger partial charge in [-0.15, -0.1) is 0 Å². The molecule has 5 rings (SSSR count). The molecule has 0 fully saturated rings. The molecule has 1 amide bonds. The van der Waals surface area contributed by atoms with Gasteiger partial charge in [0, 0.05) is 29.0 Å². The van der Waals surface area contributed by atoms with Crippen molar-refractivity contribution in [2.45, 2.75) is 13.5 Å². The largest absolute Gasteiger partial charge is 0.305 e. The summed E-state index contributed by atoms with van der Waals surface area (Å²) in [4.78, 5) is 17.3. The van der Waals surface area contributed by atoms with Crippen molar-refractivity contribution in [2.24, 2.45) is 0 Å². The summed E-state index contributed by atoms with van der Waals surface area (Å²) in [5.74, 6) is 0.118. The van der Waals surface area contributed by atoms with Crippen molar-refractivity contribution in [3.05, 3.63) is 101 Å². The van der Waals surface area contributed by atoms with Crippen LogP contribution in [0.15, 0.2) is 79.3 Å². The first-order valence-corrected chi connectivity index (χ1v) is 10.4. The van der Waals surface area contributed by atoms with Crippen LogP contribution in [0.3, 0.4) is 0 Å². The zero-order chi connectivity index (χ0) is 22.1. The van der Waals surface area contributed by atoms with Gasteiger partial charge < -0.3 is 5.32 Å². The maximum absolute atomic E-state index is 12.9. The van der Waals surface area contributed by atoms with Crippen LogP contribution in [0.4, 0.5) is 5.82 Å². The molecule has 0 spiro atoms. The van der Waals surface area contributed by atoms with Gasteiger partial charge >= 0.3 is 0 Å². The van der Waals surface area contributed by atoms with Crippen LogP contribution in [-0.2, 0) is 6.54 Å². The summed E-state index contributed by atoms with van der Waals surface area (Å²) in [5, 5.41) is 12.3. The van der Waals surface area contributed by atoms with E-state index in [2.05, 4.69) is 20.5 Å². The van der Waals surface area contributed by atoms with Crippen LogP contribution in [-0.4, -0.2) is 30.3 Å². The quantitative estimate of drug-likeness (QED) is 0.422. The minimum atomic E-state index is -0.323. The van der Waals surface area contributed by atoms with Gasteiger partial charge in [0.25, 0.3) is 5.91 Å². The lowest BCUT2D eigenvalue weighted by atomic mass is 10.1. The first-order valence-electron chi connectivity index (χ1n) is 10.1. The average molecular weight is 443 g/mol. The number of aromatic nitrogens is 5. The van der Waals surface area contributed by atoms with Crippen molar-refractivity contribution in [3.63, 3.8) is 0 Å². The minimum absolute atomic E-state index is 0.323. The molecule has 0 aliphatic rings. The van der Waals surface area contributed by atoms with Crippen molar-refractivity contribution in [2.75, 3.05) is 5.32 Å². The molecule has 2 aromatic carbocycles. The first-order chi connectivity index (χ1) is 15.6. The maximum Gasteiger partial charge on any atom is 0.262 e. The smallest absolute Gasteiger partial charge is 0.262 e. The van der Waals surface area contributed by atoms with Crippen LogP contribution in [0.25, 0.3) is 16.9 Å². The number of fused-ring (bicyclic) bond motifs is 1. The van der Waals surface area contributed by atoms with Gasteiger partial charge in [0.2, 0.25) is 0 Å². The van der Waals surface area contributed by atoms with Crippen LogP contribution >= 0.6 is 11.6 Å². The number of carbonyl (C=O) groups is 1. The molecule has 0 bridgehead atoms. The van der Waals surface area contributed by atoms with E-state index in [-0.39, 0.29) is 5.91 Å². The fourth-order valence-electron chi connectivity index (χ4n) is 3.50. The highest BCUT2D eigenvalue weighted by Gasteiger charge is 2.17. The molecule has 0 saturated heterocycles. The second-order valence-corrected chi connectivity index (χ2v) is 7.84. The zero-order valence-electron chi connectivity index (χ0n) is 17.2. The van der Waals surface area contributed by atoms with Gasteiger partial charge in [-0.25, -0.2) is 9.50 Å². The number of benzene rings is 2. The molecule has 1 N–H and O–H groups in total. The van der Waals surface area contributed by atoms with E-state index < -0.39 is 0 Å². The third-order valence-corrected chi connectivity index (χ3v) is 5.53. The molecule has 0 radical (unpaired) electrons. The van der Waals surface area contributed by atoms with Crippen molar-refractivity contribution in [1.82, 2.24) is 24.4 Å². The van der Waals surface area contributed by atoms with Crippen molar-refractivity contribution < 1.29 is 4.79 Å². The molecule has 0 unspecified atom stereocenters. The van der Waals surface area contributed by atoms with Crippen LogP contribution in [0.2, 0.25) is 5.02 Å². The van der Waals surface area contributed by atoms with Gasteiger partial charge in [0.05, 0.1) is 18.4 Å². The van der Waals surface area contributed by atoms with Crippen LogP contribution in [0.5, 0.6) is 0 Å². The number of amides is 1. The van der Waals surface area contributed by atoms with Crippen LogP contribution < -0.4 is 5.32 Å². The number of hydrogen-bond donors (Lipinski definition) is 1. The summed E-state index contributed by atoms with van der Waals surface area (Å²) in [6, 6.07) is 19.3. The molecule has 8 heteroatoms. The molecule has 0 atom stereocenters. The third kappa shape index (κ3) is 3.86. The summed E-state index contributed by atoms with van der Waals surface area (Å²) in [7, 11) is 0. The maximum atomic E-state index is 12.9. The molecule has 7 nitrogen and oxygen atoms in total. The van der Waals surface area contributed by atoms with Crippen molar-refractivity contribution in [1.29, 1.82) is 0 Å². The van der Waals surface area contributed by atoms with Gasteiger partial charge in [-0.3, -0.25) is 9.48 Å². The standard InChI is InChI=1S/C24H19ClN6O/c1-16-6-8-17(9-7-16)21-10-12-26-23-19(14-27-31(21)23)24(32)28-22-11-13-30(29-22)15-18-4-2-3-5-20(18)25/h2-14H,15H2,1H3,(H,28,29,32). The lowest BCUT2D eigenvalue weighted by molar-refractivity contribution is 0.102. The number of nitrogens with one attached hydrogen (secondary N) is 1. The molecule has 3 aromatic heterocycles. The van der Waals surface area contributed by atoms with E-state index in [9.17, 15) is 4.79 Å². The van der Waals surface area contributed by atoms with Crippen LogP contribution in [0.1, 0.15) is 21.5 Å². The van der Waals surface area contributed by atoms with E-state index in [0.717, 1.165) is 16.8 Å². The Bertz CT molecular complexity index is 1420. The summed E-state index contributed by atoms with van der Waals surface area (Å²) >= 11 is 6.23. The predicted octanol–water partition coefficient (Wildman–Crippen LogP) is 4.86. The van der Waals surface area contributed by atoms with Gasteiger partial charge in [-0.2, -0.15) is 10.2 Å². The van der Waals surface area contributed by atoms with Gasteiger partial charge in [0.15, 0.2) is 11.5 Å². The second-order valence-electron chi connectivity index (χ2n) is 7.43. The average Bonchev–Trinajstić information content (AvgIpc) is 3.42. The number of anilines is 1. The zero-order valence-corrected chi connectivity index (χ0v) is 18.0. The van der Waals surface area contributed by atoms with E-state index in [0.29, 0.717) is 28.6 Å². The molecule has 32 heavy (non-hydrogen) atoms. The Kier molecular flexibility index (Phi) is 5.17. The summed E-state index contributed by atoms with van der Waals surface area (Å²) < 4.78 is 3.40. The SMILES string of the molecule is Cc1ccc(-c2ccnc3c(C(=O)Nc4ccn(Cc5ccccc5Cl)n4)cnn23)cc1. The molecule has 158 valence electrons. The Balaban J connectivity index is 1.38. The number of carbonyl (C=O) groups excluding carboxylic acids is 1. The Morgan fingerprint density at radius 3 is 2.69 bits per heavy atom. The van der Waals surface area contributed by atoms with Gasteiger partial charge in [0.1, 0.15) is 5.56 Å². The molecule has 0 aliphatic carbocycles. The van der Waals surface area contributed by atoms with Gasteiger partial charge in [-0.1, -0.05) is 59.6 Å².